The molecule has 4 heteroatoms. The molecule has 0 atom stereocenters. The summed E-state index contributed by atoms with van der Waals surface area (Å²) in [4.78, 5) is 0. The standard InChI is InChI=1S/C16H14FNOS/c17-13-4-6-14(7-5-13)19-9-12-10-20-15-3-1-2-11(8-18)16(12)15/h1-7,10H,8-9,18H2. The smallest absolute Gasteiger partial charge is 0.123 e. The lowest BCUT2D eigenvalue weighted by atomic mass is 10.1. The molecule has 20 heavy (non-hydrogen) atoms. The first-order valence-corrected chi connectivity index (χ1v) is 7.22. The number of hydrogen-bond donors (Lipinski definition) is 1. The number of halogens is 1. The lowest BCUT2D eigenvalue weighted by Crippen LogP contribution is -1.99. The summed E-state index contributed by atoms with van der Waals surface area (Å²) in [6.45, 7) is 0.972. The van der Waals surface area contributed by atoms with Crippen LogP contribution in [0.4, 0.5) is 4.39 Å². The Labute approximate surface area is 120 Å². The molecule has 2 nitrogen and oxygen atoms in total. The molecule has 2 N–H and O–H groups in total. The van der Waals surface area contributed by atoms with Gasteiger partial charge in [0.1, 0.15) is 18.2 Å². The van der Waals surface area contributed by atoms with Crippen molar-refractivity contribution in [3.63, 3.8) is 0 Å². The molecular weight excluding hydrogens is 273 g/mol. The summed E-state index contributed by atoms with van der Waals surface area (Å²) in [5.41, 5.74) is 8.04. The zero-order valence-electron chi connectivity index (χ0n) is 10.8. The molecule has 0 unspecified atom stereocenters. The molecule has 2 aromatic carbocycles. The maximum atomic E-state index is 12.8. The van der Waals surface area contributed by atoms with Gasteiger partial charge in [-0.2, -0.15) is 0 Å². The monoisotopic (exact) mass is 287 g/mol. The highest BCUT2D eigenvalue weighted by Gasteiger charge is 2.08. The Hall–Kier alpha value is -1.91. The van der Waals surface area contributed by atoms with Crippen molar-refractivity contribution < 1.29 is 9.13 Å². The van der Waals surface area contributed by atoms with Crippen LogP contribution in [0.15, 0.2) is 47.8 Å². The van der Waals surface area contributed by atoms with Gasteiger partial charge >= 0.3 is 0 Å². The number of rotatable bonds is 4. The zero-order chi connectivity index (χ0) is 13.9. The lowest BCUT2D eigenvalue weighted by Gasteiger charge is -2.07. The molecule has 0 radical (unpaired) electrons. The fraction of sp³-hybridized carbons (Fsp3) is 0.125. The molecule has 0 saturated carbocycles. The maximum absolute atomic E-state index is 12.8. The van der Waals surface area contributed by atoms with Crippen molar-refractivity contribution >= 4 is 21.4 Å². The average molecular weight is 287 g/mol. The minimum Gasteiger partial charge on any atom is -0.489 e. The molecule has 102 valence electrons. The summed E-state index contributed by atoms with van der Waals surface area (Å²) in [5.74, 6) is 0.403. The van der Waals surface area contributed by atoms with Crippen LogP contribution in [0.3, 0.4) is 0 Å². The second kappa shape index (κ2) is 5.61. The highest BCUT2D eigenvalue weighted by atomic mass is 32.1. The zero-order valence-corrected chi connectivity index (χ0v) is 11.6. The number of thiophene rings is 1. The predicted octanol–water partition coefficient (Wildman–Crippen LogP) is 4.08. The van der Waals surface area contributed by atoms with E-state index in [1.807, 2.05) is 12.1 Å². The highest BCUT2D eigenvalue weighted by Crippen LogP contribution is 2.30. The van der Waals surface area contributed by atoms with Gasteiger partial charge < -0.3 is 10.5 Å². The molecule has 0 spiro atoms. The van der Waals surface area contributed by atoms with Crippen molar-refractivity contribution in [1.82, 2.24) is 0 Å². The molecule has 0 amide bonds. The average Bonchev–Trinajstić information content (AvgIpc) is 2.90. The largest absolute Gasteiger partial charge is 0.489 e. The van der Waals surface area contributed by atoms with Gasteiger partial charge in [0, 0.05) is 22.2 Å². The van der Waals surface area contributed by atoms with Crippen molar-refractivity contribution in [2.45, 2.75) is 13.2 Å². The summed E-state index contributed by atoms with van der Waals surface area (Å²) in [7, 11) is 0. The summed E-state index contributed by atoms with van der Waals surface area (Å²) in [5, 5.41) is 3.27. The van der Waals surface area contributed by atoms with Crippen LogP contribution in [0, 0.1) is 5.82 Å². The van der Waals surface area contributed by atoms with Crippen molar-refractivity contribution in [3.8, 4) is 5.75 Å². The molecular formula is C16H14FNOS. The molecule has 0 aliphatic heterocycles. The van der Waals surface area contributed by atoms with Crippen LogP contribution in [-0.4, -0.2) is 0 Å². The first kappa shape index (κ1) is 13.1. The van der Waals surface area contributed by atoms with Crippen LogP contribution < -0.4 is 10.5 Å². The second-order valence-electron chi connectivity index (χ2n) is 4.50. The summed E-state index contributed by atoms with van der Waals surface area (Å²) < 4.78 is 19.8. The van der Waals surface area contributed by atoms with Gasteiger partial charge in [-0.25, -0.2) is 4.39 Å². The van der Waals surface area contributed by atoms with Gasteiger partial charge in [0.2, 0.25) is 0 Å². The van der Waals surface area contributed by atoms with Gasteiger partial charge in [-0.05, 0) is 41.3 Å². The van der Waals surface area contributed by atoms with Crippen LogP contribution in [0.2, 0.25) is 0 Å². The normalized spacial score (nSPS) is 10.9. The number of fused-ring (bicyclic) bond motifs is 1. The SMILES string of the molecule is NCc1cccc2scc(COc3ccc(F)cc3)c12. The summed E-state index contributed by atoms with van der Waals surface area (Å²) >= 11 is 1.69. The summed E-state index contributed by atoms with van der Waals surface area (Å²) in [6.07, 6.45) is 0. The summed E-state index contributed by atoms with van der Waals surface area (Å²) in [6, 6.07) is 12.2. The van der Waals surface area contributed by atoms with Gasteiger partial charge in [-0.15, -0.1) is 11.3 Å². The van der Waals surface area contributed by atoms with E-state index >= 15 is 0 Å². The maximum Gasteiger partial charge on any atom is 0.123 e. The number of ether oxygens (including phenoxy) is 1. The molecule has 1 aromatic heterocycles. The molecule has 0 saturated heterocycles. The molecule has 0 bridgehead atoms. The second-order valence-corrected chi connectivity index (χ2v) is 5.41. The van der Waals surface area contributed by atoms with Crippen molar-refractivity contribution in [1.29, 1.82) is 0 Å². The van der Waals surface area contributed by atoms with Gasteiger partial charge in [0.15, 0.2) is 0 Å². The Kier molecular flexibility index (Phi) is 3.67. The van der Waals surface area contributed by atoms with E-state index in [9.17, 15) is 4.39 Å². The topological polar surface area (TPSA) is 35.2 Å². The van der Waals surface area contributed by atoms with E-state index in [0.29, 0.717) is 18.9 Å². The van der Waals surface area contributed by atoms with E-state index in [-0.39, 0.29) is 5.82 Å². The first-order valence-electron chi connectivity index (χ1n) is 6.34. The van der Waals surface area contributed by atoms with Gasteiger partial charge in [0.25, 0.3) is 0 Å². The van der Waals surface area contributed by atoms with Crippen LogP contribution in [0.5, 0.6) is 5.75 Å². The molecule has 0 aliphatic carbocycles. The number of hydrogen-bond acceptors (Lipinski definition) is 3. The Morgan fingerprint density at radius 2 is 1.85 bits per heavy atom. The van der Waals surface area contributed by atoms with Crippen LogP contribution in [0.1, 0.15) is 11.1 Å². The number of benzene rings is 2. The highest BCUT2D eigenvalue weighted by molar-refractivity contribution is 7.17. The van der Waals surface area contributed by atoms with Crippen LogP contribution >= 0.6 is 11.3 Å². The fourth-order valence-corrected chi connectivity index (χ4v) is 3.19. The predicted molar refractivity (Wildman–Crippen MR) is 80.4 cm³/mol. The minimum atomic E-state index is -0.260. The first-order chi connectivity index (χ1) is 9.78. The Morgan fingerprint density at radius 3 is 2.60 bits per heavy atom. The quantitative estimate of drug-likeness (QED) is 0.784. The van der Waals surface area contributed by atoms with Crippen LogP contribution in [0.25, 0.3) is 10.1 Å². The van der Waals surface area contributed by atoms with E-state index in [0.717, 1.165) is 11.1 Å². The molecule has 0 aliphatic rings. The van der Waals surface area contributed by atoms with Gasteiger partial charge in [-0.1, -0.05) is 12.1 Å². The van der Waals surface area contributed by atoms with Gasteiger partial charge in [-0.3, -0.25) is 0 Å². The third-order valence-corrected chi connectivity index (χ3v) is 4.19. The Bertz CT molecular complexity index is 721. The third kappa shape index (κ3) is 2.53. The Morgan fingerprint density at radius 1 is 1.05 bits per heavy atom. The van der Waals surface area contributed by atoms with Crippen molar-refractivity contribution in [2.24, 2.45) is 5.73 Å². The van der Waals surface area contributed by atoms with Crippen LogP contribution in [-0.2, 0) is 13.2 Å². The van der Waals surface area contributed by atoms with E-state index in [1.54, 1.807) is 23.5 Å². The Balaban J connectivity index is 1.86. The lowest BCUT2D eigenvalue weighted by molar-refractivity contribution is 0.307. The van der Waals surface area contributed by atoms with E-state index in [2.05, 4.69) is 11.4 Å². The van der Waals surface area contributed by atoms with Crippen molar-refractivity contribution in [2.75, 3.05) is 0 Å². The molecule has 3 aromatic rings. The fourth-order valence-electron chi connectivity index (χ4n) is 2.20. The van der Waals surface area contributed by atoms with Crippen molar-refractivity contribution in [3.05, 3.63) is 64.8 Å². The molecule has 1 heterocycles. The molecule has 3 rings (SSSR count). The minimum absolute atomic E-state index is 0.260. The third-order valence-electron chi connectivity index (χ3n) is 3.19. The van der Waals surface area contributed by atoms with E-state index < -0.39 is 0 Å². The molecule has 0 fully saturated rings. The van der Waals surface area contributed by atoms with E-state index in [1.165, 1.54) is 22.2 Å². The number of nitrogens with two attached hydrogens (primary N) is 1. The van der Waals surface area contributed by atoms with E-state index in [4.69, 9.17) is 10.5 Å². The van der Waals surface area contributed by atoms with Gasteiger partial charge in [0.05, 0.1) is 0 Å².